The van der Waals surface area contributed by atoms with E-state index < -0.39 is 17.2 Å². The average Bonchev–Trinajstić information content (AvgIpc) is 3.08. The van der Waals surface area contributed by atoms with Crippen molar-refractivity contribution in [1.29, 1.82) is 0 Å². The molecule has 2 aromatic rings. The Labute approximate surface area is 179 Å². The summed E-state index contributed by atoms with van der Waals surface area (Å²) in [4.78, 5) is 35.9. The summed E-state index contributed by atoms with van der Waals surface area (Å²) in [5.74, 6) is 0.530. The lowest BCUT2D eigenvalue weighted by Crippen LogP contribution is -2.26. The van der Waals surface area contributed by atoms with Gasteiger partial charge in [-0.25, -0.2) is 0 Å². The highest BCUT2D eigenvalue weighted by Crippen LogP contribution is 2.32. The summed E-state index contributed by atoms with van der Waals surface area (Å²) in [5, 5.41) is -0.469. The summed E-state index contributed by atoms with van der Waals surface area (Å²) in [6.07, 6.45) is 0.103. The summed E-state index contributed by atoms with van der Waals surface area (Å²) >= 11 is 1.39. The molecule has 0 spiro atoms. The Balaban J connectivity index is 1.70. The first kappa shape index (κ1) is 21.9. The van der Waals surface area contributed by atoms with Gasteiger partial charge in [0.25, 0.3) is 0 Å². The number of hydrogen-bond acceptors (Lipinski definition) is 7. The van der Waals surface area contributed by atoms with E-state index in [-0.39, 0.29) is 17.6 Å². The number of methoxy groups -OCH3 is 1. The highest BCUT2D eigenvalue weighted by Gasteiger charge is 2.35. The van der Waals surface area contributed by atoms with Crippen LogP contribution in [0.2, 0.25) is 0 Å². The monoisotopic (exact) mass is 428 g/mol. The maximum absolute atomic E-state index is 12.9. The zero-order valence-corrected chi connectivity index (χ0v) is 18.0. The van der Waals surface area contributed by atoms with Crippen molar-refractivity contribution in [3.05, 3.63) is 59.7 Å². The minimum Gasteiger partial charge on any atom is -0.497 e. The van der Waals surface area contributed by atoms with Crippen LogP contribution >= 0.6 is 11.8 Å². The van der Waals surface area contributed by atoms with Crippen LogP contribution in [0.4, 0.5) is 0 Å². The number of hydrogen-bond donors (Lipinski definition) is 0. The molecule has 6 nitrogen and oxygen atoms in total. The first-order valence-electron chi connectivity index (χ1n) is 9.56. The number of carbonyl (C=O) groups is 3. The standard InChI is InChI=1S/C23H24O6S/c1-23(2,14-30-19-12-20(24)29-22(19)26)13-28-18-11-16(27-3)9-10-17(18)21(25)15-7-5-4-6-8-15/h4-11,19H,12-14H2,1-3H3. The largest absolute Gasteiger partial charge is 0.497 e. The molecule has 3 rings (SSSR count). The number of carbonyl (C=O) groups excluding carboxylic acids is 3. The minimum atomic E-state index is -0.481. The molecule has 2 aromatic carbocycles. The lowest BCUT2D eigenvalue weighted by molar-refractivity contribution is -0.151. The van der Waals surface area contributed by atoms with Crippen LogP contribution in [0.5, 0.6) is 11.5 Å². The van der Waals surface area contributed by atoms with Gasteiger partial charge in [-0.1, -0.05) is 44.2 Å². The number of benzene rings is 2. The smallest absolute Gasteiger partial charge is 0.327 e. The molecule has 0 amide bonds. The molecule has 1 heterocycles. The Morgan fingerprint density at radius 1 is 1.17 bits per heavy atom. The van der Waals surface area contributed by atoms with Crippen molar-refractivity contribution in [3.8, 4) is 11.5 Å². The molecular weight excluding hydrogens is 404 g/mol. The topological polar surface area (TPSA) is 78.9 Å². The van der Waals surface area contributed by atoms with Crippen LogP contribution in [-0.4, -0.2) is 42.4 Å². The summed E-state index contributed by atoms with van der Waals surface area (Å²) < 4.78 is 15.9. The quantitative estimate of drug-likeness (QED) is 0.340. The SMILES string of the molecule is COc1ccc(C(=O)c2ccccc2)c(OCC(C)(C)CSC2CC(=O)OC2=O)c1. The van der Waals surface area contributed by atoms with Crippen molar-refractivity contribution in [3.63, 3.8) is 0 Å². The van der Waals surface area contributed by atoms with Gasteiger partial charge in [0.05, 0.1) is 25.7 Å². The molecule has 30 heavy (non-hydrogen) atoms. The molecule has 0 aromatic heterocycles. The highest BCUT2D eigenvalue weighted by atomic mass is 32.2. The van der Waals surface area contributed by atoms with E-state index >= 15 is 0 Å². The van der Waals surface area contributed by atoms with Crippen LogP contribution < -0.4 is 9.47 Å². The van der Waals surface area contributed by atoms with Crippen LogP contribution in [0.25, 0.3) is 0 Å². The van der Waals surface area contributed by atoms with E-state index in [0.29, 0.717) is 35.0 Å². The van der Waals surface area contributed by atoms with Crippen molar-refractivity contribution in [2.45, 2.75) is 25.5 Å². The van der Waals surface area contributed by atoms with Crippen LogP contribution in [0.1, 0.15) is 36.2 Å². The van der Waals surface area contributed by atoms with E-state index in [0.717, 1.165) is 0 Å². The van der Waals surface area contributed by atoms with Gasteiger partial charge in [0.1, 0.15) is 16.7 Å². The van der Waals surface area contributed by atoms with E-state index in [1.165, 1.54) is 11.8 Å². The Bertz CT molecular complexity index is 938. The van der Waals surface area contributed by atoms with Crippen LogP contribution in [0, 0.1) is 5.41 Å². The molecule has 1 atom stereocenters. The Hall–Kier alpha value is -2.80. The van der Waals surface area contributed by atoms with Gasteiger partial charge in [-0.05, 0) is 12.1 Å². The molecule has 1 saturated heterocycles. The van der Waals surface area contributed by atoms with E-state index in [9.17, 15) is 14.4 Å². The van der Waals surface area contributed by atoms with E-state index in [2.05, 4.69) is 4.74 Å². The number of rotatable bonds is 9. The third-order valence-corrected chi connectivity index (χ3v) is 6.30. The predicted octanol–water partition coefficient (Wildman–Crippen LogP) is 3.91. The molecule has 0 radical (unpaired) electrons. The Morgan fingerprint density at radius 3 is 2.53 bits per heavy atom. The van der Waals surface area contributed by atoms with Crippen LogP contribution in [0.15, 0.2) is 48.5 Å². The third kappa shape index (κ3) is 5.42. The van der Waals surface area contributed by atoms with Gasteiger partial charge in [0, 0.05) is 22.8 Å². The van der Waals surface area contributed by atoms with Gasteiger partial charge >= 0.3 is 11.9 Å². The van der Waals surface area contributed by atoms with E-state index in [4.69, 9.17) is 9.47 Å². The van der Waals surface area contributed by atoms with Gasteiger partial charge in [-0.3, -0.25) is 14.4 Å². The molecule has 0 saturated carbocycles. The van der Waals surface area contributed by atoms with Crippen molar-refractivity contribution >= 4 is 29.5 Å². The van der Waals surface area contributed by atoms with E-state index in [1.807, 2.05) is 32.0 Å². The zero-order valence-electron chi connectivity index (χ0n) is 17.2. The Kier molecular flexibility index (Phi) is 6.82. The minimum absolute atomic E-state index is 0.103. The van der Waals surface area contributed by atoms with Crippen molar-refractivity contribution in [1.82, 2.24) is 0 Å². The third-order valence-electron chi connectivity index (χ3n) is 4.59. The summed E-state index contributed by atoms with van der Waals surface area (Å²) in [6.45, 7) is 4.32. The summed E-state index contributed by atoms with van der Waals surface area (Å²) in [7, 11) is 1.56. The molecule has 0 aliphatic carbocycles. The van der Waals surface area contributed by atoms with Gasteiger partial charge in [-0.2, -0.15) is 0 Å². The van der Waals surface area contributed by atoms with Crippen molar-refractivity contribution < 1.29 is 28.6 Å². The fourth-order valence-corrected chi connectivity index (χ4v) is 4.08. The second-order valence-corrected chi connectivity index (χ2v) is 9.00. The molecule has 1 aliphatic rings. The van der Waals surface area contributed by atoms with Gasteiger partial charge in [0.2, 0.25) is 0 Å². The lowest BCUT2D eigenvalue weighted by Gasteiger charge is -2.25. The number of ether oxygens (including phenoxy) is 3. The number of cyclic esters (lactones) is 2. The zero-order chi connectivity index (χ0) is 21.7. The second kappa shape index (κ2) is 9.34. The molecule has 0 N–H and O–H groups in total. The maximum Gasteiger partial charge on any atom is 0.327 e. The molecule has 0 bridgehead atoms. The Morgan fingerprint density at radius 2 is 1.90 bits per heavy atom. The molecule has 1 unspecified atom stereocenters. The summed E-state index contributed by atoms with van der Waals surface area (Å²) in [5.41, 5.74) is 0.717. The first-order chi connectivity index (χ1) is 14.3. The van der Waals surface area contributed by atoms with Crippen LogP contribution in [0.3, 0.4) is 0 Å². The van der Waals surface area contributed by atoms with Gasteiger partial charge in [0.15, 0.2) is 5.78 Å². The van der Waals surface area contributed by atoms with Crippen molar-refractivity contribution in [2.75, 3.05) is 19.5 Å². The van der Waals surface area contributed by atoms with Gasteiger partial charge in [-0.15, -0.1) is 11.8 Å². The van der Waals surface area contributed by atoms with Crippen molar-refractivity contribution in [2.24, 2.45) is 5.41 Å². The normalized spacial score (nSPS) is 16.3. The number of thioether (sulfide) groups is 1. The highest BCUT2D eigenvalue weighted by molar-refractivity contribution is 8.00. The number of esters is 2. The molecule has 158 valence electrons. The fraction of sp³-hybridized carbons (Fsp3) is 0.348. The molecule has 1 aliphatic heterocycles. The maximum atomic E-state index is 12.9. The summed E-state index contributed by atoms with van der Waals surface area (Å²) in [6, 6.07) is 14.1. The van der Waals surface area contributed by atoms with Crippen LogP contribution in [-0.2, 0) is 14.3 Å². The molecular formula is C23H24O6S. The lowest BCUT2D eigenvalue weighted by atomic mass is 9.97. The van der Waals surface area contributed by atoms with Gasteiger partial charge < -0.3 is 14.2 Å². The first-order valence-corrected chi connectivity index (χ1v) is 10.6. The predicted molar refractivity (Wildman–Crippen MR) is 114 cm³/mol. The number of ketones is 1. The molecule has 7 heteroatoms. The molecule has 1 fully saturated rings. The second-order valence-electron chi connectivity index (χ2n) is 7.81. The fourth-order valence-electron chi connectivity index (χ4n) is 2.90. The average molecular weight is 429 g/mol. The van der Waals surface area contributed by atoms with E-state index in [1.54, 1.807) is 37.4 Å².